The number of rotatable bonds is 7. The lowest BCUT2D eigenvalue weighted by molar-refractivity contribution is 0.0696. The highest BCUT2D eigenvalue weighted by atomic mass is 16.5. The molecule has 2 unspecified atom stereocenters. The summed E-state index contributed by atoms with van der Waals surface area (Å²) >= 11 is 0. The normalized spacial score (nSPS) is 16.5. The molecule has 2 heterocycles. The fourth-order valence-electron chi connectivity index (χ4n) is 4.27. The maximum Gasteiger partial charge on any atom is 0.335 e. The molecule has 0 radical (unpaired) electrons. The molecule has 4 aromatic rings. The summed E-state index contributed by atoms with van der Waals surface area (Å²) in [5, 5.41) is 24.7. The zero-order chi connectivity index (χ0) is 23.0. The molecule has 1 aliphatic heterocycles. The van der Waals surface area contributed by atoms with Gasteiger partial charge in [-0.3, -0.25) is 0 Å². The lowest BCUT2D eigenvalue weighted by Gasteiger charge is -2.16. The molecule has 2 atom stereocenters. The molecule has 0 saturated carbocycles. The van der Waals surface area contributed by atoms with Gasteiger partial charge in [-0.2, -0.15) is 0 Å². The zero-order valence-corrected chi connectivity index (χ0v) is 18.6. The number of nitrogens with zero attached hydrogens (tertiary/aromatic N) is 1. The van der Waals surface area contributed by atoms with E-state index in [1.54, 1.807) is 30.3 Å². The highest BCUT2D eigenvalue weighted by Crippen LogP contribution is 2.28. The first kappa shape index (κ1) is 23.0. The monoisotopic (exact) mass is 446 g/mol. The molecule has 6 heteroatoms. The van der Waals surface area contributed by atoms with Crippen LogP contribution < -0.4 is 5.32 Å². The Morgan fingerprint density at radius 1 is 0.970 bits per heavy atom. The lowest BCUT2D eigenvalue weighted by atomic mass is 10.2. The standard InChI is InChI=1S/C20H24N2O2.C7H6O2/c23-15(12-21-13-16-6-5-11-24-16)14-22-19-9-3-1-7-17(19)18-8-2-4-10-20(18)22;8-7(9)6-4-2-1-3-5-6/h1-4,7-10,15-16,21,23H,5-6,11-14H2;1-5H,(H,8,9). The van der Waals surface area contributed by atoms with Crippen molar-refractivity contribution in [2.45, 2.75) is 31.6 Å². The molecular formula is C27H30N2O4. The first-order valence-electron chi connectivity index (χ1n) is 11.4. The highest BCUT2D eigenvalue weighted by molar-refractivity contribution is 6.07. The third kappa shape index (κ3) is 5.79. The molecule has 33 heavy (non-hydrogen) atoms. The van der Waals surface area contributed by atoms with Crippen molar-refractivity contribution < 1.29 is 19.7 Å². The molecule has 1 saturated heterocycles. The van der Waals surface area contributed by atoms with E-state index in [0.29, 0.717) is 24.8 Å². The number of carboxylic acid groups (broad SMARTS) is 1. The van der Waals surface area contributed by atoms with Gasteiger partial charge in [-0.15, -0.1) is 0 Å². The predicted octanol–water partition coefficient (Wildman–Crippen LogP) is 4.31. The van der Waals surface area contributed by atoms with Crippen molar-refractivity contribution in [1.29, 1.82) is 0 Å². The van der Waals surface area contributed by atoms with E-state index < -0.39 is 12.1 Å². The van der Waals surface area contributed by atoms with Gasteiger partial charge in [0, 0.05) is 41.5 Å². The summed E-state index contributed by atoms with van der Waals surface area (Å²) in [5.74, 6) is -0.879. The van der Waals surface area contributed by atoms with Crippen LogP contribution in [-0.2, 0) is 11.3 Å². The molecule has 3 aromatic carbocycles. The topological polar surface area (TPSA) is 83.7 Å². The van der Waals surface area contributed by atoms with Crippen LogP contribution in [0.5, 0.6) is 0 Å². The molecule has 0 spiro atoms. The van der Waals surface area contributed by atoms with Crippen molar-refractivity contribution in [1.82, 2.24) is 9.88 Å². The second-order valence-electron chi connectivity index (χ2n) is 8.26. The van der Waals surface area contributed by atoms with Gasteiger partial charge < -0.3 is 24.8 Å². The summed E-state index contributed by atoms with van der Waals surface area (Å²) in [4.78, 5) is 10.2. The molecule has 172 valence electrons. The highest BCUT2D eigenvalue weighted by Gasteiger charge is 2.16. The molecule has 6 nitrogen and oxygen atoms in total. The Balaban J connectivity index is 0.000000243. The van der Waals surface area contributed by atoms with Crippen LogP contribution in [0.25, 0.3) is 21.8 Å². The van der Waals surface area contributed by atoms with E-state index in [0.717, 1.165) is 26.0 Å². The van der Waals surface area contributed by atoms with Gasteiger partial charge in [0.2, 0.25) is 0 Å². The quantitative estimate of drug-likeness (QED) is 0.394. The summed E-state index contributed by atoms with van der Waals surface area (Å²) in [6, 6.07) is 25.1. The Labute approximate surface area is 193 Å². The van der Waals surface area contributed by atoms with E-state index in [1.807, 2.05) is 0 Å². The van der Waals surface area contributed by atoms with Gasteiger partial charge in [0.15, 0.2) is 0 Å². The number of benzene rings is 3. The first-order chi connectivity index (χ1) is 16.1. The molecule has 0 amide bonds. The largest absolute Gasteiger partial charge is 0.478 e. The minimum Gasteiger partial charge on any atom is -0.478 e. The van der Waals surface area contributed by atoms with Gasteiger partial charge in [-0.25, -0.2) is 4.79 Å². The minimum atomic E-state index is -0.879. The number of nitrogens with one attached hydrogen (secondary N) is 1. The Hall–Kier alpha value is -3.19. The van der Waals surface area contributed by atoms with Crippen molar-refractivity contribution in [3.05, 3.63) is 84.4 Å². The average molecular weight is 447 g/mol. The van der Waals surface area contributed by atoms with E-state index in [1.165, 1.54) is 21.8 Å². The maximum atomic E-state index is 10.5. The van der Waals surface area contributed by atoms with Crippen molar-refractivity contribution >= 4 is 27.8 Å². The number of para-hydroxylation sites is 2. The third-order valence-corrected chi connectivity index (χ3v) is 5.87. The molecule has 3 N–H and O–H groups in total. The number of carbonyl (C=O) groups is 1. The fraction of sp³-hybridized carbons (Fsp3) is 0.296. The maximum absolute atomic E-state index is 10.5. The van der Waals surface area contributed by atoms with E-state index >= 15 is 0 Å². The predicted molar refractivity (Wildman–Crippen MR) is 131 cm³/mol. The molecule has 0 aliphatic carbocycles. The molecule has 1 aromatic heterocycles. The van der Waals surface area contributed by atoms with E-state index in [4.69, 9.17) is 9.84 Å². The molecular weight excluding hydrogens is 416 g/mol. The zero-order valence-electron chi connectivity index (χ0n) is 18.6. The van der Waals surface area contributed by atoms with Crippen LogP contribution in [0.3, 0.4) is 0 Å². The number of hydrogen-bond donors (Lipinski definition) is 3. The summed E-state index contributed by atoms with van der Waals surface area (Å²) in [5.41, 5.74) is 2.69. The van der Waals surface area contributed by atoms with Gasteiger partial charge in [0.25, 0.3) is 0 Å². The second kappa shape index (κ2) is 11.1. The van der Waals surface area contributed by atoms with Crippen LogP contribution in [0.15, 0.2) is 78.9 Å². The van der Waals surface area contributed by atoms with Crippen molar-refractivity contribution in [3.8, 4) is 0 Å². The minimum absolute atomic E-state index is 0.311. The van der Waals surface area contributed by atoms with Crippen molar-refractivity contribution in [2.24, 2.45) is 0 Å². The molecule has 1 fully saturated rings. The first-order valence-corrected chi connectivity index (χ1v) is 11.4. The summed E-state index contributed by atoms with van der Waals surface area (Å²) < 4.78 is 7.83. The SMILES string of the molecule is O=C(O)c1ccccc1.OC(CNCC1CCCO1)Cn1c2ccccc2c2ccccc21. The van der Waals surface area contributed by atoms with Crippen LogP contribution in [0.2, 0.25) is 0 Å². The van der Waals surface area contributed by atoms with Crippen molar-refractivity contribution in [2.75, 3.05) is 19.7 Å². The van der Waals surface area contributed by atoms with Gasteiger partial charge in [-0.05, 0) is 37.1 Å². The number of hydrogen-bond acceptors (Lipinski definition) is 4. The third-order valence-electron chi connectivity index (χ3n) is 5.87. The van der Waals surface area contributed by atoms with Gasteiger partial charge >= 0.3 is 5.97 Å². The van der Waals surface area contributed by atoms with E-state index in [-0.39, 0.29) is 0 Å². The average Bonchev–Trinajstić information content (AvgIpc) is 3.47. The smallest absolute Gasteiger partial charge is 0.335 e. The molecule has 1 aliphatic rings. The Morgan fingerprint density at radius 2 is 1.58 bits per heavy atom. The van der Waals surface area contributed by atoms with Crippen LogP contribution >= 0.6 is 0 Å². The van der Waals surface area contributed by atoms with Crippen molar-refractivity contribution in [3.63, 3.8) is 0 Å². The summed E-state index contributed by atoms with van der Waals surface area (Å²) in [6.07, 6.45) is 2.16. The number of carboxylic acids is 1. The second-order valence-corrected chi connectivity index (χ2v) is 8.26. The van der Waals surface area contributed by atoms with Gasteiger partial charge in [0.1, 0.15) is 0 Å². The van der Waals surface area contributed by atoms with E-state index in [9.17, 15) is 9.90 Å². The van der Waals surface area contributed by atoms with Gasteiger partial charge in [-0.1, -0.05) is 54.6 Å². The Kier molecular flexibility index (Phi) is 7.73. The van der Waals surface area contributed by atoms with Crippen LogP contribution in [-0.4, -0.2) is 52.7 Å². The summed E-state index contributed by atoms with van der Waals surface area (Å²) in [6.45, 7) is 2.87. The number of aliphatic hydroxyl groups is 1. The summed E-state index contributed by atoms with van der Waals surface area (Å²) in [7, 11) is 0. The Bertz CT molecular complexity index is 1130. The number of ether oxygens (including phenoxy) is 1. The number of aliphatic hydroxyl groups excluding tert-OH is 1. The van der Waals surface area contributed by atoms with Crippen LogP contribution in [0, 0.1) is 0 Å². The van der Waals surface area contributed by atoms with Gasteiger partial charge in [0.05, 0.1) is 24.3 Å². The van der Waals surface area contributed by atoms with Crippen LogP contribution in [0.1, 0.15) is 23.2 Å². The Morgan fingerprint density at radius 3 is 2.12 bits per heavy atom. The van der Waals surface area contributed by atoms with Crippen LogP contribution in [0.4, 0.5) is 0 Å². The molecule has 5 rings (SSSR count). The number of aromatic nitrogens is 1. The fourth-order valence-corrected chi connectivity index (χ4v) is 4.27. The number of aromatic carboxylic acids is 1. The van der Waals surface area contributed by atoms with E-state index in [2.05, 4.69) is 58.4 Å². The molecule has 0 bridgehead atoms. The number of fused-ring (bicyclic) bond motifs is 3. The lowest BCUT2D eigenvalue weighted by Crippen LogP contribution is -2.34.